The number of nitro groups is 1. The maximum absolute atomic E-state index is 10.7. The monoisotopic (exact) mass is 192 g/mol. The highest BCUT2D eigenvalue weighted by Crippen LogP contribution is 2.31. The third kappa shape index (κ3) is 1.22. The zero-order chi connectivity index (χ0) is 10.1. The molecule has 1 aromatic rings. The number of hydrogen-bond donors (Lipinski definition) is 0. The summed E-state index contributed by atoms with van der Waals surface area (Å²) in [5.41, 5.74) is 1.75. The van der Waals surface area contributed by atoms with Gasteiger partial charge in [0.2, 0.25) is 0 Å². The van der Waals surface area contributed by atoms with E-state index in [-0.39, 0.29) is 5.69 Å². The Kier molecular flexibility index (Phi) is 1.92. The van der Waals surface area contributed by atoms with Crippen LogP contribution in [0.1, 0.15) is 11.1 Å². The summed E-state index contributed by atoms with van der Waals surface area (Å²) < 4.78 is 4.93. The molecule has 0 radical (unpaired) electrons. The zero-order valence-electron chi connectivity index (χ0n) is 7.56. The highest BCUT2D eigenvalue weighted by Gasteiger charge is 2.19. The van der Waals surface area contributed by atoms with Gasteiger partial charge in [0.1, 0.15) is 0 Å². The minimum absolute atomic E-state index is 0.0143. The number of aliphatic imine (C=N–C) groups is 1. The average molecular weight is 192 g/mol. The fourth-order valence-corrected chi connectivity index (χ4v) is 1.43. The molecule has 1 aliphatic heterocycles. The van der Waals surface area contributed by atoms with E-state index >= 15 is 0 Å². The van der Waals surface area contributed by atoms with Gasteiger partial charge >= 0.3 is 5.69 Å². The van der Waals surface area contributed by atoms with E-state index in [2.05, 4.69) is 4.99 Å². The van der Waals surface area contributed by atoms with Gasteiger partial charge < -0.3 is 4.74 Å². The van der Waals surface area contributed by atoms with E-state index < -0.39 is 4.92 Å². The molecule has 0 saturated heterocycles. The molecule has 5 nitrogen and oxygen atoms in total. The summed E-state index contributed by atoms with van der Waals surface area (Å²) in [6, 6.07) is 3.16. The van der Waals surface area contributed by atoms with Crippen LogP contribution in [-0.4, -0.2) is 18.2 Å². The minimum Gasteiger partial charge on any atom is -0.490 e. The Hall–Kier alpha value is -1.91. The maximum atomic E-state index is 10.7. The number of hydrogen-bond acceptors (Lipinski definition) is 4. The Bertz CT molecular complexity index is 426. The lowest BCUT2D eigenvalue weighted by atomic mass is 10.1. The van der Waals surface area contributed by atoms with E-state index in [1.807, 2.05) is 0 Å². The van der Waals surface area contributed by atoms with Gasteiger partial charge in [0.25, 0.3) is 0 Å². The lowest BCUT2D eigenvalue weighted by molar-refractivity contribution is -0.385. The molecule has 14 heavy (non-hydrogen) atoms. The molecule has 0 bridgehead atoms. The molecule has 72 valence electrons. The van der Waals surface area contributed by atoms with Crippen LogP contribution in [0.25, 0.3) is 0 Å². The van der Waals surface area contributed by atoms with Gasteiger partial charge in [-0.25, -0.2) is 0 Å². The summed E-state index contributed by atoms with van der Waals surface area (Å²) in [6.45, 7) is 0.573. The van der Waals surface area contributed by atoms with Crippen LogP contribution in [-0.2, 0) is 6.54 Å². The number of methoxy groups -OCH3 is 1. The predicted molar refractivity (Wildman–Crippen MR) is 50.9 cm³/mol. The SMILES string of the molecule is COc1cc2c(cc1[N+](=O)[O-])C=NC2. The van der Waals surface area contributed by atoms with Gasteiger partial charge in [-0.05, 0) is 11.6 Å². The van der Waals surface area contributed by atoms with Crippen molar-refractivity contribution in [3.05, 3.63) is 33.4 Å². The van der Waals surface area contributed by atoms with Gasteiger partial charge in [-0.3, -0.25) is 15.1 Å². The van der Waals surface area contributed by atoms with Gasteiger partial charge in [-0.2, -0.15) is 0 Å². The first kappa shape index (κ1) is 8.68. The molecule has 0 N–H and O–H groups in total. The first-order chi connectivity index (χ1) is 6.72. The third-order valence-corrected chi connectivity index (χ3v) is 2.13. The molecule has 0 fully saturated rings. The Morgan fingerprint density at radius 3 is 3.00 bits per heavy atom. The third-order valence-electron chi connectivity index (χ3n) is 2.13. The molecule has 0 unspecified atom stereocenters. The van der Waals surface area contributed by atoms with Crippen LogP contribution in [0, 0.1) is 10.1 Å². The van der Waals surface area contributed by atoms with Crippen LogP contribution in [0.2, 0.25) is 0 Å². The Morgan fingerprint density at radius 1 is 1.57 bits per heavy atom. The molecular formula is C9H8N2O3. The molecule has 0 spiro atoms. The number of ether oxygens (including phenoxy) is 1. The fraction of sp³-hybridized carbons (Fsp3) is 0.222. The summed E-state index contributed by atoms with van der Waals surface area (Å²) >= 11 is 0. The van der Waals surface area contributed by atoms with Crippen molar-refractivity contribution < 1.29 is 9.66 Å². The number of nitro benzene ring substituents is 1. The quantitative estimate of drug-likeness (QED) is 0.527. The standard InChI is InChI=1S/C9H8N2O3/c1-14-9-3-7-5-10-4-6(7)2-8(9)11(12)13/h2-4H,5H2,1H3. The van der Waals surface area contributed by atoms with Crippen molar-refractivity contribution in [1.82, 2.24) is 0 Å². The van der Waals surface area contributed by atoms with E-state index in [1.54, 1.807) is 12.3 Å². The summed E-state index contributed by atoms with van der Waals surface area (Å²) in [6.07, 6.45) is 1.64. The largest absolute Gasteiger partial charge is 0.490 e. The highest BCUT2D eigenvalue weighted by atomic mass is 16.6. The second kappa shape index (κ2) is 3.10. The van der Waals surface area contributed by atoms with Crippen molar-refractivity contribution in [3.8, 4) is 5.75 Å². The van der Waals surface area contributed by atoms with Crippen LogP contribution in [0.3, 0.4) is 0 Å². The molecule has 1 aliphatic rings. The lowest BCUT2D eigenvalue weighted by Crippen LogP contribution is -1.96. The van der Waals surface area contributed by atoms with E-state index in [4.69, 9.17) is 4.74 Å². The molecular weight excluding hydrogens is 184 g/mol. The van der Waals surface area contributed by atoms with Crippen molar-refractivity contribution in [2.24, 2.45) is 4.99 Å². The fourth-order valence-electron chi connectivity index (χ4n) is 1.43. The average Bonchev–Trinajstić information content (AvgIpc) is 2.62. The zero-order valence-corrected chi connectivity index (χ0v) is 7.56. The molecule has 1 aromatic carbocycles. The van der Waals surface area contributed by atoms with E-state index in [1.165, 1.54) is 13.2 Å². The van der Waals surface area contributed by atoms with Crippen molar-refractivity contribution in [1.29, 1.82) is 0 Å². The summed E-state index contributed by atoms with van der Waals surface area (Å²) in [4.78, 5) is 14.2. The van der Waals surface area contributed by atoms with E-state index in [0.29, 0.717) is 12.3 Å². The maximum Gasteiger partial charge on any atom is 0.311 e. The predicted octanol–water partition coefficient (Wildman–Crippen LogP) is 1.54. The first-order valence-corrected chi connectivity index (χ1v) is 4.07. The summed E-state index contributed by atoms with van der Waals surface area (Å²) in [5, 5.41) is 10.7. The highest BCUT2D eigenvalue weighted by molar-refractivity contribution is 5.86. The number of benzene rings is 1. The van der Waals surface area contributed by atoms with Crippen LogP contribution in [0.4, 0.5) is 5.69 Å². The Balaban J connectivity index is 2.58. The van der Waals surface area contributed by atoms with Crippen LogP contribution >= 0.6 is 0 Å². The second-order valence-electron chi connectivity index (χ2n) is 2.95. The van der Waals surface area contributed by atoms with Gasteiger partial charge in [0.15, 0.2) is 5.75 Å². The Morgan fingerprint density at radius 2 is 2.36 bits per heavy atom. The summed E-state index contributed by atoms with van der Waals surface area (Å²) in [7, 11) is 1.42. The normalized spacial score (nSPS) is 12.6. The van der Waals surface area contributed by atoms with Gasteiger partial charge in [-0.15, -0.1) is 0 Å². The first-order valence-electron chi connectivity index (χ1n) is 4.07. The van der Waals surface area contributed by atoms with Gasteiger partial charge in [0, 0.05) is 17.8 Å². The minimum atomic E-state index is -0.453. The number of rotatable bonds is 2. The molecule has 0 atom stereocenters. The molecule has 0 aliphatic carbocycles. The van der Waals surface area contributed by atoms with Crippen molar-refractivity contribution in [2.75, 3.05) is 7.11 Å². The van der Waals surface area contributed by atoms with Gasteiger partial charge in [0.05, 0.1) is 18.6 Å². The van der Waals surface area contributed by atoms with Crippen LogP contribution < -0.4 is 4.74 Å². The lowest BCUT2D eigenvalue weighted by Gasteiger charge is -2.03. The second-order valence-corrected chi connectivity index (χ2v) is 2.95. The molecule has 0 saturated carbocycles. The van der Waals surface area contributed by atoms with E-state index in [0.717, 1.165) is 11.1 Å². The van der Waals surface area contributed by atoms with Crippen LogP contribution in [0.5, 0.6) is 5.75 Å². The van der Waals surface area contributed by atoms with Gasteiger partial charge in [-0.1, -0.05) is 0 Å². The summed E-state index contributed by atoms with van der Waals surface area (Å²) in [5.74, 6) is 0.291. The molecule has 1 heterocycles. The molecule has 2 rings (SSSR count). The molecule has 0 amide bonds. The van der Waals surface area contributed by atoms with Crippen molar-refractivity contribution in [3.63, 3.8) is 0 Å². The Labute approximate surface area is 80.2 Å². The topological polar surface area (TPSA) is 64.7 Å². The van der Waals surface area contributed by atoms with Crippen molar-refractivity contribution >= 4 is 11.9 Å². The van der Waals surface area contributed by atoms with Crippen molar-refractivity contribution in [2.45, 2.75) is 6.54 Å². The smallest absolute Gasteiger partial charge is 0.311 e. The number of fused-ring (bicyclic) bond motifs is 1. The number of nitrogens with zero attached hydrogens (tertiary/aromatic N) is 2. The van der Waals surface area contributed by atoms with E-state index in [9.17, 15) is 10.1 Å². The molecule has 5 heteroatoms. The van der Waals surface area contributed by atoms with Crippen LogP contribution in [0.15, 0.2) is 17.1 Å². The molecule has 0 aromatic heterocycles.